The molecule has 76 valence electrons. The van der Waals surface area contributed by atoms with E-state index in [2.05, 4.69) is 21.2 Å². The third-order valence-corrected chi connectivity index (χ3v) is 1.96. The molecule has 0 saturated heterocycles. The third-order valence-electron chi connectivity index (χ3n) is 1.55. The van der Waals surface area contributed by atoms with E-state index in [0.717, 1.165) is 0 Å². The molecular weight excluding hydrogens is 254 g/mol. The molecule has 1 aromatic heterocycles. The van der Waals surface area contributed by atoms with Crippen LogP contribution in [0.2, 0.25) is 0 Å². The van der Waals surface area contributed by atoms with Crippen LogP contribution < -0.4 is 5.32 Å². The fraction of sp³-hybridized carbons (Fsp3) is 0.250. The summed E-state index contributed by atoms with van der Waals surface area (Å²) in [5.74, 6) is -1.56. The van der Waals surface area contributed by atoms with Crippen LogP contribution in [0.1, 0.15) is 17.3 Å². The van der Waals surface area contributed by atoms with E-state index in [1.54, 1.807) is 0 Å². The SMILES string of the molecule is C[C@H](NC(=O)c1coc(Br)c1)C(=O)O. The van der Waals surface area contributed by atoms with Crippen molar-refractivity contribution >= 4 is 27.8 Å². The molecule has 0 spiro atoms. The van der Waals surface area contributed by atoms with Crippen LogP contribution >= 0.6 is 15.9 Å². The molecule has 1 heterocycles. The molecular formula is C8H8BrNO4. The summed E-state index contributed by atoms with van der Waals surface area (Å²) < 4.78 is 5.26. The molecule has 0 saturated carbocycles. The first-order valence-corrected chi connectivity index (χ1v) is 4.57. The molecule has 0 bridgehead atoms. The van der Waals surface area contributed by atoms with Gasteiger partial charge in [-0.2, -0.15) is 0 Å². The number of carbonyl (C=O) groups excluding carboxylic acids is 1. The topological polar surface area (TPSA) is 79.5 Å². The molecule has 0 fully saturated rings. The van der Waals surface area contributed by atoms with Crippen molar-refractivity contribution in [2.24, 2.45) is 0 Å². The van der Waals surface area contributed by atoms with Crippen LogP contribution in [-0.4, -0.2) is 23.0 Å². The Balaban J connectivity index is 2.63. The zero-order valence-corrected chi connectivity index (χ0v) is 8.87. The average molecular weight is 262 g/mol. The number of rotatable bonds is 3. The molecule has 1 aromatic rings. The van der Waals surface area contributed by atoms with Gasteiger partial charge in [0, 0.05) is 6.07 Å². The summed E-state index contributed by atoms with van der Waals surface area (Å²) in [5, 5.41) is 10.8. The minimum atomic E-state index is -1.08. The van der Waals surface area contributed by atoms with E-state index in [4.69, 9.17) is 9.52 Å². The number of hydrogen-bond acceptors (Lipinski definition) is 3. The van der Waals surface area contributed by atoms with Crippen molar-refractivity contribution in [3.63, 3.8) is 0 Å². The van der Waals surface area contributed by atoms with E-state index in [9.17, 15) is 9.59 Å². The molecule has 0 aromatic carbocycles. The predicted octanol–water partition coefficient (Wildman–Crippen LogP) is 1.25. The number of furan rings is 1. The van der Waals surface area contributed by atoms with Crippen molar-refractivity contribution in [3.05, 3.63) is 22.6 Å². The Hall–Kier alpha value is -1.30. The Kier molecular flexibility index (Phi) is 3.29. The van der Waals surface area contributed by atoms with Crippen LogP contribution in [0.5, 0.6) is 0 Å². The quantitative estimate of drug-likeness (QED) is 0.858. The van der Waals surface area contributed by atoms with Gasteiger partial charge in [0.2, 0.25) is 0 Å². The molecule has 14 heavy (non-hydrogen) atoms. The second kappa shape index (κ2) is 4.28. The number of hydrogen-bond donors (Lipinski definition) is 2. The molecule has 1 amide bonds. The largest absolute Gasteiger partial charge is 0.480 e. The standard InChI is InChI=1S/C8H8BrNO4/c1-4(8(12)13)10-7(11)5-2-6(9)14-3-5/h2-4H,1H3,(H,10,11)(H,12,13)/t4-/m0/s1. The highest BCUT2D eigenvalue weighted by molar-refractivity contribution is 9.10. The lowest BCUT2D eigenvalue weighted by Crippen LogP contribution is -2.38. The summed E-state index contributed by atoms with van der Waals surface area (Å²) in [6.07, 6.45) is 1.24. The maximum absolute atomic E-state index is 11.3. The lowest BCUT2D eigenvalue weighted by atomic mass is 10.3. The lowest BCUT2D eigenvalue weighted by Gasteiger charge is -2.06. The van der Waals surface area contributed by atoms with Gasteiger partial charge in [-0.3, -0.25) is 9.59 Å². The second-order valence-corrected chi connectivity index (χ2v) is 3.45. The minimum Gasteiger partial charge on any atom is -0.480 e. The first-order chi connectivity index (χ1) is 6.50. The summed E-state index contributed by atoms with van der Waals surface area (Å²) in [5.41, 5.74) is 0.282. The van der Waals surface area contributed by atoms with Crippen molar-refractivity contribution in [1.82, 2.24) is 5.32 Å². The Bertz CT molecular complexity index is 360. The average Bonchev–Trinajstić information content (AvgIpc) is 2.51. The Labute approximate surface area is 88.2 Å². The number of aliphatic carboxylic acids is 1. The van der Waals surface area contributed by atoms with Crippen molar-refractivity contribution in [1.29, 1.82) is 0 Å². The van der Waals surface area contributed by atoms with Crippen LogP contribution in [0.3, 0.4) is 0 Å². The maximum atomic E-state index is 11.3. The van der Waals surface area contributed by atoms with Gasteiger partial charge in [-0.05, 0) is 22.9 Å². The van der Waals surface area contributed by atoms with Crippen LogP contribution in [-0.2, 0) is 4.79 Å². The van der Waals surface area contributed by atoms with Gasteiger partial charge in [0.25, 0.3) is 5.91 Å². The summed E-state index contributed by atoms with van der Waals surface area (Å²) in [4.78, 5) is 21.7. The second-order valence-electron chi connectivity index (χ2n) is 2.67. The van der Waals surface area contributed by atoms with Gasteiger partial charge in [-0.25, -0.2) is 0 Å². The summed E-state index contributed by atoms with van der Waals surface area (Å²) in [6, 6.07) is 0.542. The van der Waals surface area contributed by atoms with Gasteiger partial charge in [0.15, 0.2) is 4.67 Å². The fourth-order valence-electron chi connectivity index (χ4n) is 0.771. The molecule has 0 aliphatic rings. The van der Waals surface area contributed by atoms with Crippen LogP contribution in [0.25, 0.3) is 0 Å². The van der Waals surface area contributed by atoms with Crippen molar-refractivity contribution < 1.29 is 19.1 Å². The van der Waals surface area contributed by atoms with Gasteiger partial charge < -0.3 is 14.8 Å². The maximum Gasteiger partial charge on any atom is 0.325 e. The fourth-order valence-corrected chi connectivity index (χ4v) is 1.11. The van der Waals surface area contributed by atoms with Crippen molar-refractivity contribution in [3.8, 4) is 0 Å². The van der Waals surface area contributed by atoms with E-state index in [1.165, 1.54) is 19.3 Å². The Morgan fingerprint density at radius 3 is 2.71 bits per heavy atom. The number of amides is 1. The number of carboxylic acids is 1. The van der Waals surface area contributed by atoms with Gasteiger partial charge in [0.05, 0.1) is 5.56 Å². The highest BCUT2D eigenvalue weighted by Crippen LogP contribution is 2.13. The zero-order chi connectivity index (χ0) is 10.7. The summed E-state index contributed by atoms with van der Waals surface area (Å²) >= 11 is 3.03. The van der Waals surface area contributed by atoms with Gasteiger partial charge in [-0.15, -0.1) is 0 Å². The zero-order valence-electron chi connectivity index (χ0n) is 7.28. The molecule has 1 atom stereocenters. The first-order valence-electron chi connectivity index (χ1n) is 3.78. The van der Waals surface area contributed by atoms with Crippen LogP contribution in [0.4, 0.5) is 0 Å². The Morgan fingerprint density at radius 1 is 1.64 bits per heavy atom. The van der Waals surface area contributed by atoms with Crippen molar-refractivity contribution in [2.75, 3.05) is 0 Å². The lowest BCUT2D eigenvalue weighted by molar-refractivity contribution is -0.138. The summed E-state index contributed by atoms with van der Waals surface area (Å²) in [6.45, 7) is 1.38. The van der Waals surface area contributed by atoms with Crippen molar-refractivity contribution in [2.45, 2.75) is 13.0 Å². The number of carboxylic acid groups (broad SMARTS) is 1. The molecule has 1 rings (SSSR count). The van der Waals surface area contributed by atoms with E-state index in [-0.39, 0.29) is 5.56 Å². The van der Waals surface area contributed by atoms with Crippen LogP contribution in [0, 0.1) is 0 Å². The molecule has 0 radical (unpaired) electrons. The number of halogens is 1. The molecule has 5 nitrogen and oxygen atoms in total. The number of nitrogens with one attached hydrogen (secondary N) is 1. The van der Waals surface area contributed by atoms with E-state index in [0.29, 0.717) is 4.67 Å². The monoisotopic (exact) mass is 261 g/mol. The molecule has 0 aliphatic carbocycles. The highest BCUT2D eigenvalue weighted by atomic mass is 79.9. The predicted molar refractivity (Wildman–Crippen MR) is 51.0 cm³/mol. The van der Waals surface area contributed by atoms with Gasteiger partial charge in [-0.1, -0.05) is 0 Å². The molecule has 0 unspecified atom stereocenters. The summed E-state index contributed by atoms with van der Waals surface area (Å²) in [7, 11) is 0. The Morgan fingerprint density at radius 2 is 2.29 bits per heavy atom. The smallest absolute Gasteiger partial charge is 0.325 e. The van der Waals surface area contributed by atoms with Gasteiger partial charge >= 0.3 is 5.97 Å². The first kappa shape index (κ1) is 10.8. The molecule has 0 aliphatic heterocycles. The third kappa shape index (κ3) is 2.59. The normalized spacial score (nSPS) is 12.1. The van der Waals surface area contributed by atoms with E-state index >= 15 is 0 Å². The molecule has 6 heteroatoms. The van der Waals surface area contributed by atoms with Gasteiger partial charge in [0.1, 0.15) is 12.3 Å². The number of carbonyl (C=O) groups is 2. The molecule has 2 N–H and O–H groups in total. The minimum absolute atomic E-state index is 0.282. The van der Waals surface area contributed by atoms with E-state index in [1.807, 2.05) is 0 Å². The van der Waals surface area contributed by atoms with Crippen LogP contribution in [0.15, 0.2) is 21.4 Å². The highest BCUT2D eigenvalue weighted by Gasteiger charge is 2.16. The van der Waals surface area contributed by atoms with E-state index < -0.39 is 17.9 Å².